The second-order valence-electron chi connectivity index (χ2n) is 12.7. The Kier molecular flexibility index (Phi) is 5.79. The molecule has 0 fully saturated rings. The topological polar surface area (TPSA) is 13.1 Å². The van der Waals surface area contributed by atoms with Gasteiger partial charge in [-0.15, -0.1) is 0 Å². The average molecular weight is 625 g/mol. The minimum Gasteiger partial charge on any atom is -0.456 e. The van der Waals surface area contributed by atoms with Crippen LogP contribution in [0.5, 0.6) is 0 Å². The molecule has 1 heterocycles. The maximum atomic E-state index is 8.44. The molecule has 0 spiro atoms. The third-order valence-corrected chi connectivity index (χ3v) is 9.89. The fourth-order valence-corrected chi connectivity index (χ4v) is 7.70. The summed E-state index contributed by atoms with van der Waals surface area (Å²) in [7, 11) is 0. The predicted octanol–water partition coefficient (Wildman–Crippen LogP) is 13.7. The molecule has 0 aliphatic heterocycles. The van der Waals surface area contributed by atoms with E-state index in [1.54, 1.807) is 6.07 Å². The van der Waals surface area contributed by atoms with E-state index >= 15 is 0 Å². The van der Waals surface area contributed by atoms with Crippen LogP contribution in [0.2, 0.25) is 0 Å². The molecule has 10 aromatic rings. The van der Waals surface area contributed by atoms with Gasteiger partial charge in [-0.25, -0.2) is 0 Å². The predicted molar refractivity (Wildman–Crippen MR) is 208 cm³/mol. The molecule has 0 N–H and O–H groups in total. The van der Waals surface area contributed by atoms with Crippen LogP contribution in [0.4, 0.5) is 0 Å². The van der Waals surface area contributed by atoms with E-state index in [0.717, 1.165) is 54.9 Å². The van der Waals surface area contributed by atoms with Crippen LogP contribution in [0, 0.1) is 0 Å². The monoisotopic (exact) mass is 624 g/mol. The van der Waals surface area contributed by atoms with Crippen molar-refractivity contribution in [2.45, 2.75) is 0 Å². The fraction of sp³-hybridized carbons (Fsp3) is 0. The van der Waals surface area contributed by atoms with Gasteiger partial charge in [0, 0.05) is 10.8 Å². The summed E-state index contributed by atoms with van der Waals surface area (Å²) in [5.74, 6) is 0. The Balaban J connectivity index is 1.17. The van der Waals surface area contributed by atoms with E-state index in [1.165, 1.54) is 38.2 Å². The van der Waals surface area contributed by atoms with Crippen LogP contribution in [0.3, 0.4) is 0 Å². The van der Waals surface area contributed by atoms with Crippen molar-refractivity contribution < 1.29 is 7.16 Å². The van der Waals surface area contributed by atoms with Crippen LogP contribution >= 0.6 is 0 Å². The fourth-order valence-electron chi connectivity index (χ4n) is 7.70. The van der Waals surface area contributed by atoms with Crippen LogP contribution < -0.4 is 0 Å². The van der Waals surface area contributed by atoms with Crippen molar-refractivity contribution in [1.82, 2.24) is 0 Å². The molecule has 10 rings (SSSR count). The van der Waals surface area contributed by atoms with Gasteiger partial charge in [0.1, 0.15) is 11.2 Å². The first-order valence-electron chi connectivity index (χ1n) is 17.7. The summed E-state index contributed by atoms with van der Waals surface area (Å²) < 4.78 is 22.7. The molecule has 0 unspecified atom stereocenters. The molecule has 1 heteroatoms. The summed E-state index contributed by atoms with van der Waals surface area (Å²) in [6.45, 7) is 0. The molecule has 0 amide bonds. The minimum atomic E-state index is 0.396. The molecule has 0 saturated heterocycles. The van der Waals surface area contributed by atoms with Crippen molar-refractivity contribution >= 4 is 54.3 Å². The second-order valence-corrected chi connectivity index (χ2v) is 12.7. The first-order chi connectivity index (χ1) is 25.1. The summed E-state index contributed by atoms with van der Waals surface area (Å²) in [6, 6.07) is 60.4. The van der Waals surface area contributed by atoms with Crippen LogP contribution in [0.1, 0.15) is 2.74 Å². The largest absolute Gasteiger partial charge is 0.456 e. The summed E-state index contributed by atoms with van der Waals surface area (Å²) in [6.07, 6.45) is 0. The van der Waals surface area contributed by atoms with Crippen LogP contribution in [0.15, 0.2) is 186 Å². The molecule has 0 bridgehead atoms. The Labute approximate surface area is 287 Å². The molecule has 228 valence electrons. The SMILES string of the molecule is [2H]c1ccc2cc(-c3cccc(-c4c5ccccc5c(-c5cccc(-c6cccc7oc8c([2H])cccc8c67)c5)c5ccccc45)c3)ccc2c1. The zero-order chi connectivity index (χ0) is 34.1. The van der Waals surface area contributed by atoms with Crippen molar-refractivity contribution in [3.63, 3.8) is 0 Å². The average Bonchev–Trinajstić information content (AvgIpc) is 3.57. The number of hydrogen-bond donors (Lipinski definition) is 0. The standard InChI is InChI=1S/C48H30O/c1-2-13-32-28-34(27-26-31(32)12-1)33-14-9-16-36(29-33)46-39-18-3-5-20-41(39)47(42-21-6-4-19-40(42)46)37-17-10-15-35(30-37)38-23-11-25-45-48(38)43-22-7-8-24-44(43)49-45/h1-30H/i1D,24D. The molecule has 1 nitrogen and oxygen atoms in total. The maximum Gasteiger partial charge on any atom is 0.136 e. The van der Waals surface area contributed by atoms with Crippen LogP contribution in [-0.4, -0.2) is 0 Å². The van der Waals surface area contributed by atoms with Crippen molar-refractivity contribution in [3.05, 3.63) is 182 Å². The number of rotatable bonds is 4. The molecule has 0 atom stereocenters. The van der Waals surface area contributed by atoms with Crippen LogP contribution in [-0.2, 0) is 0 Å². The van der Waals surface area contributed by atoms with Crippen molar-refractivity contribution in [1.29, 1.82) is 0 Å². The summed E-state index contributed by atoms with van der Waals surface area (Å²) in [5, 5.41) is 9.05. The van der Waals surface area contributed by atoms with Gasteiger partial charge in [-0.05, 0) is 107 Å². The number of para-hydroxylation sites is 1. The number of fused-ring (bicyclic) bond motifs is 6. The summed E-state index contributed by atoms with van der Waals surface area (Å²) in [5.41, 5.74) is 10.7. The van der Waals surface area contributed by atoms with E-state index in [9.17, 15) is 0 Å². The van der Waals surface area contributed by atoms with Gasteiger partial charge >= 0.3 is 0 Å². The van der Waals surface area contributed by atoms with Gasteiger partial charge in [0.25, 0.3) is 0 Å². The number of hydrogen-bond acceptors (Lipinski definition) is 1. The van der Waals surface area contributed by atoms with Gasteiger partial charge in [0.2, 0.25) is 0 Å². The molecular weight excluding hydrogens is 593 g/mol. The Hall–Kier alpha value is -6.44. The molecule has 1 aromatic heterocycles. The first-order valence-corrected chi connectivity index (χ1v) is 16.7. The number of benzene rings is 9. The van der Waals surface area contributed by atoms with Gasteiger partial charge in [-0.2, -0.15) is 0 Å². The summed E-state index contributed by atoms with van der Waals surface area (Å²) in [4.78, 5) is 0. The smallest absolute Gasteiger partial charge is 0.136 e. The van der Waals surface area contributed by atoms with Crippen molar-refractivity contribution in [3.8, 4) is 44.5 Å². The van der Waals surface area contributed by atoms with E-state index < -0.39 is 0 Å². The Morgan fingerprint density at radius 2 is 0.959 bits per heavy atom. The lowest BCUT2D eigenvalue weighted by Crippen LogP contribution is -1.91. The van der Waals surface area contributed by atoms with Gasteiger partial charge in [0.05, 0.1) is 2.74 Å². The van der Waals surface area contributed by atoms with Gasteiger partial charge in [-0.1, -0.05) is 152 Å². The molecule has 0 aliphatic carbocycles. The third-order valence-electron chi connectivity index (χ3n) is 9.89. The quantitative estimate of drug-likeness (QED) is 0.178. The zero-order valence-corrected chi connectivity index (χ0v) is 26.6. The highest BCUT2D eigenvalue weighted by Gasteiger charge is 2.18. The second kappa shape index (κ2) is 11.1. The number of furan rings is 1. The molecular formula is C48H30O. The zero-order valence-electron chi connectivity index (χ0n) is 28.6. The van der Waals surface area contributed by atoms with E-state index in [0.29, 0.717) is 17.7 Å². The van der Waals surface area contributed by atoms with Crippen molar-refractivity contribution in [2.75, 3.05) is 0 Å². The lowest BCUT2D eigenvalue weighted by atomic mass is 9.85. The molecule has 49 heavy (non-hydrogen) atoms. The van der Waals surface area contributed by atoms with Gasteiger partial charge < -0.3 is 4.42 Å². The van der Waals surface area contributed by atoms with E-state index in [2.05, 4.69) is 127 Å². The van der Waals surface area contributed by atoms with Gasteiger partial charge in [-0.3, -0.25) is 0 Å². The normalized spacial score (nSPS) is 12.2. The highest BCUT2D eigenvalue weighted by Crippen LogP contribution is 2.45. The minimum absolute atomic E-state index is 0.396. The molecule has 9 aromatic carbocycles. The first kappa shape index (κ1) is 25.6. The Morgan fingerprint density at radius 3 is 1.69 bits per heavy atom. The van der Waals surface area contributed by atoms with E-state index in [1.807, 2.05) is 36.4 Å². The molecule has 0 radical (unpaired) electrons. The Morgan fingerprint density at radius 1 is 0.367 bits per heavy atom. The Bertz CT molecular complexity index is 2950. The van der Waals surface area contributed by atoms with E-state index in [-0.39, 0.29) is 0 Å². The lowest BCUT2D eigenvalue weighted by Gasteiger charge is -2.18. The van der Waals surface area contributed by atoms with Crippen molar-refractivity contribution in [2.24, 2.45) is 0 Å². The molecule has 0 aliphatic rings. The molecule has 0 saturated carbocycles. The third kappa shape index (κ3) is 4.47. The van der Waals surface area contributed by atoms with Crippen LogP contribution in [0.25, 0.3) is 98.8 Å². The van der Waals surface area contributed by atoms with Gasteiger partial charge in [0.15, 0.2) is 0 Å². The van der Waals surface area contributed by atoms with E-state index in [4.69, 9.17) is 7.16 Å². The lowest BCUT2D eigenvalue weighted by molar-refractivity contribution is 0.669. The highest BCUT2D eigenvalue weighted by molar-refractivity contribution is 6.22. The highest BCUT2D eigenvalue weighted by atomic mass is 16.3. The summed E-state index contributed by atoms with van der Waals surface area (Å²) >= 11 is 0. The maximum absolute atomic E-state index is 8.44.